The number of sulfonamides is 1. The molecular formula is C22H24N4O5S. The van der Waals surface area contributed by atoms with E-state index in [0.717, 1.165) is 5.69 Å². The predicted molar refractivity (Wildman–Crippen MR) is 119 cm³/mol. The highest BCUT2D eigenvalue weighted by molar-refractivity contribution is 7.90. The van der Waals surface area contributed by atoms with Gasteiger partial charge in [-0.25, -0.2) is 8.42 Å². The van der Waals surface area contributed by atoms with E-state index >= 15 is 0 Å². The maximum atomic E-state index is 12.7. The lowest BCUT2D eigenvalue weighted by molar-refractivity contribution is -0.158. The second-order valence-electron chi connectivity index (χ2n) is 7.55. The molecule has 2 heterocycles. The van der Waals surface area contributed by atoms with Crippen molar-refractivity contribution in [3.63, 3.8) is 0 Å². The molecule has 0 spiro atoms. The Labute approximate surface area is 186 Å². The predicted octanol–water partition coefficient (Wildman–Crippen LogP) is 1.01. The van der Waals surface area contributed by atoms with Crippen LogP contribution in [0.3, 0.4) is 0 Å². The third kappa shape index (κ3) is 4.59. The number of carbonyl (C=O) groups is 2. The van der Waals surface area contributed by atoms with Crippen LogP contribution in [-0.4, -0.2) is 69.9 Å². The normalized spacial score (nSPS) is 19.2. The average molecular weight is 457 g/mol. The fourth-order valence-corrected chi connectivity index (χ4v) is 5.01. The summed E-state index contributed by atoms with van der Waals surface area (Å²) in [4.78, 5) is 33.0. The van der Waals surface area contributed by atoms with Gasteiger partial charge in [0.2, 0.25) is 0 Å². The number of carbonyl (C=O) groups excluding carboxylic acids is 2. The molecule has 0 radical (unpaired) electrons. The van der Waals surface area contributed by atoms with Crippen molar-refractivity contribution in [2.24, 2.45) is 4.99 Å². The Hall–Kier alpha value is -3.40. The summed E-state index contributed by atoms with van der Waals surface area (Å²) < 4.78 is 31.8. The topological polar surface area (TPSA) is 108 Å². The van der Waals surface area contributed by atoms with Crippen molar-refractivity contribution in [3.8, 4) is 0 Å². The summed E-state index contributed by atoms with van der Waals surface area (Å²) >= 11 is 0. The Kier molecular flexibility index (Phi) is 6.13. The molecule has 1 fully saturated rings. The molecule has 4 rings (SSSR count). The van der Waals surface area contributed by atoms with Crippen LogP contribution in [0.4, 0.5) is 5.69 Å². The summed E-state index contributed by atoms with van der Waals surface area (Å²) in [6, 6.07) is 16.4. The van der Waals surface area contributed by atoms with Crippen LogP contribution in [0.5, 0.6) is 0 Å². The Balaban J connectivity index is 1.30. The molecule has 32 heavy (non-hydrogen) atoms. The minimum atomic E-state index is -3.68. The van der Waals surface area contributed by atoms with Crippen LogP contribution in [0, 0.1) is 0 Å². The minimum absolute atomic E-state index is 0.0913. The first kappa shape index (κ1) is 21.8. The molecule has 1 unspecified atom stereocenters. The van der Waals surface area contributed by atoms with Crippen LogP contribution in [-0.2, 0) is 24.3 Å². The number of nitrogens with one attached hydrogen (secondary N) is 1. The van der Waals surface area contributed by atoms with E-state index in [2.05, 4.69) is 14.6 Å². The fourth-order valence-electron chi connectivity index (χ4n) is 3.76. The summed E-state index contributed by atoms with van der Waals surface area (Å²) in [5.74, 6) is -0.871. The molecule has 1 N–H and O–H groups in total. The largest absolute Gasteiger partial charge is 0.451 e. The maximum Gasteiger partial charge on any atom is 0.328 e. The van der Waals surface area contributed by atoms with Gasteiger partial charge in [0.05, 0.1) is 4.90 Å². The quantitative estimate of drug-likeness (QED) is 0.673. The summed E-state index contributed by atoms with van der Waals surface area (Å²) in [7, 11) is -3.68. The summed E-state index contributed by atoms with van der Waals surface area (Å²) in [5.41, 5.74) is 1.52. The number of piperazine rings is 1. The second kappa shape index (κ2) is 8.99. The zero-order valence-electron chi connectivity index (χ0n) is 17.6. The number of hydrogen-bond acceptors (Lipinski definition) is 7. The van der Waals surface area contributed by atoms with Crippen LogP contribution in [0.2, 0.25) is 0 Å². The molecule has 1 saturated heterocycles. The number of benzene rings is 2. The van der Waals surface area contributed by atoms with Crippen molar-refractivity contribution in [2.45, 2.75) is 17.9 Å². The highest BCUT2D eigenvalue weighted by Gasteiger charge is 2.31. The Morgan fingerprint density at radius 3 is 2.41 bits per heavy atom. The van der Waals surface area contributed by atoms with E-state index in [9.17, 15) is 18.0 Å². The zero-order valence-corrected chi connectivity index (χ0v) is 18.4. The highest BCUT2D eigenvalue weighted by Crippen LogP contribution is 2.22. The number of para-hydroxylation sites is 1. The number of amidine groups is 1. The number of rotatable bonds is 5. The van der Waals surface area contributed by atoms with Gasteiger partial charge in [0, 0.05) is 37.4 Å². The molecule has 168 valence electrons. The Bertz CT molecular complexity index is 1140. The molecular weight excluding hydrogens is 432 g/mol. The van der Waals surface area contributed by atoms with Crippen LogP contribution < -0.4 is 9.62 Å². The van der Waals surface area contributed by atoms with E-state index in [1.807, 2.05) is 30.3 Å². The van der Waals surface area contributed by atoms with E-state index in [1.54, 1.807) is 23.1 Å². The SMILES string of the molecule is CC(OC(=O)CN=C1NS(=O)(=O)c2ccccc21)C(=O)N1CCN(c2ccccc2)CC1. The van der Waals surface area contributed by atoms with E-state index < -0.39 is 28.6 Å². The number of nitrogens with zero attached hydrogens (tertiary/aromatic N) is 3. The van der Waals surface area contributed by atoms with Crippen molar-refractivity contribution >= 4 is 33.4 Å². The van der Waals surface area contributed by atoms with Crippen molar-refractivity contribution in [3.05, 3.63) is 60.2 Å². The molecule has 2 aliphatic heterocycles. The van der Waals surface area contributed by atoms with Gasteiger partial charge in [-0.05, 0) is 31.2 Å². The van der Waals surface area contributed by atoms with Crippen LogP contribution in [0.15, 0.2) is 64.5 Å². The van der Waals surface area contributed by atoms with Gasteiger partial charge in [0.15, 0.2) is 6.10 Å². The van der Waals surface area contributed by atoms with Crippen LogP contribution in [0.1, 0.15) is 12.5 Å². The third-order valence-corrected chi connectivity index (χ3v) is 6.79. The van der Waals surface area contributed by atoms with Gasteiger partial charge < -0.3 is 14.5 Å². The molecule has 2 aromatic rings. The summed E-state index contributed by atoms with van der Waals surface area (Å²) in [6.45, 7) is 3.61. The molecule has 1 amide bonds. The summed E-state index contributed by atoms with van der Waals surface area (Å²) in [5, 5.41) is 0. The van der Waals surface area contributed by atoms with Crippen molar-refractivity contribution in [2.75, 3.05) is 37.6 Å². The van der Waals surface area contributed by atoms with E-state index in [4.69, 9.17) is 4.74 Å². The second-order valence-corrected chi connectivity index (χ2v) is 9.20. The third-order valence-electron chi connectivity index (χ3n) is 5.40. The number of aliphatic imine (C=N–C) groups is 1. The number of ether oxygens (including phenoxy) is 1. The molecule has 1 atom stereocenters. The van der Waals surface area contributed by atoms with Crippen LogP contribution in [0.25, 0.3) is 0 Å². The first-order chi connectivity index (χ1) is 15.3. The van der Waals surface area contributed by atoms with Gasteiger partial charge in [-0.2, -0.15) is 0 Å². The molecule has 2 aliphatic rings. The lowest BCUT2D eigenvalue weighted by atomic mass is 10.2. The van der Waals surface area contributed by atoms with Crippen LogP contribution >= 0.6 is 0 Å². The first-order valence-electron chi connectivity index (χ1n) is 10.3. The minimum Gasteiger partial charge on any atom is -0.451 e. The summed E-state index contributed by atoms with van der Waals surface area (Å²) in [6.07, 6.45) is -0.946. The smallest absolute Gasteiger partial charge is 0.328 e. The molecule has 0 aliphatic carbocycles. The number of anilines is 1. The lowest BCUT2D eigenvalue weighted by Crippen LogP contribution is -2.51. The van der Waals surface area contributed by atoms with Gasteiger partial charge >= 0.3 is 5.97 Å². The fraction of sp³-hybridized carbons (Fsp3) is 0.318. The van der Waals surface area contributed by atoms with E-state index in [-0.39, 0.29) is 16.6 Å². The molecule has 2 aromatic carbocycles. The average Bonchev–Trinajstić information content (AvgIpc) is 3.08. The Morgan fingerprint density at radius 1 is 1.03 bits per heavy atom. The number of amides is 1. The molecule has 9 nitrogen and oxygen atoms in total. The van der Waals surface area contributed by atoms with Gasteiger partial charge in [-0.1, -0.05) is 30.3 Å². The number of hydrogen-bond donors (Lipinski definition) is 1. The van der Waals surface area contributed by atoms with Crippen molar-refractivity contribution < 1.29 is 22.7 Å². The monoisotopic (exact) mass is 456 g/mol. The molecule has 10 heteroatoms. The zero-order chi connectivity index (χ0) is 22.7. The van der Waals surface area contributed by atoms with Gasteiger partial charge in [0.1, 0.15) is 12.4 Å². The standard InChI is InChI=1S/C22H24N4O5S/c1-16(22(28)26-13-11-25(12-14-26)17-7-3-2-4-8-17)31-20(27)15-23-21-18-9-5-6-10-19(18)32(29,30)24-21/h2-10,16H,11-15H2,1H3,(H,23,24). The van der Waals surface area contributed by atoms with E-state index in [1.165, 1.54) is 13.0 Å². The Morgan fingerprint density at radius 2 is 1.69 bits per heavy atom. The highest BCUT2D eigenvalue weighted by atomic mass is 32.2. The van der Waals surface area contributed by atoms with Gasteiger partial charge in [0.25, 0.3) is 15.9 Å². The van der Waals surface area contributed by atoms with Gasteiger partial charge in [-0.15, -0.1) is 0 Å². The number of esters is 1. The first-order valence-corrected chi connectivity index (χ1v) is 11.8. The lowest BCUT2D eigenvalue weighted by Gasteiger charge is -2.37. The number of fused-ring (bicyclic) bond motifs is 1. The van der Waals surface area contributed by atoms with Crippen molar-refractivity contribution in [1.82, 2.24) is 9.62 Å². The maximum absolute atomic E-state index is 12.7. The molecule has 0 bridgehead atoms. The van der Waals surface area contributed by atoms with Crippen molar-refractivity contribution in [1.29, 1.82) is 0 Å². The molecule has 0 aromatic heterocycles. The van der Waals surface area contributed by atoms with Gasteiger partial charge in [-0.3, -0.25) is 19.3 Å². The van der Waals surface area contributed by atoms with E-state index in [0.29, 0.717) is 31.7 Å². The molecule has 0 saturated carbocycles.